The fourth-order valence-corrected chi connectivity index (χ4v) is 2.56. The van der Waals surface area contributed by atoms with Crippen LogP contribution in [0.15, 0.2) is 67.8 Å². The second-order valence-electron chi connectivity index (χ2n) is 5.70. The molecule has 2 rings (SSSR count). The van der Waals surface area contributed by atoms with Crippen LogP contribution in [0.3, 0.4) is 0 Å². The second-order valence-corrected chi connectivity index (χ2v) is 5.70. The third kappa shape index (κ3) is 3.65. The first-order valence-electron chi connectivity index (χ1n) is 7.75. The maximum atomic E-state index is 4.23. The Balaban J connectivity index is 2.43. The zero-order valence-corrected chi connectivity index (χ0v) is 13.8. The van der Waals surface area contributed by atoms with Crippen molar-refractivity contribution >= 4 is 11.1 Å². The van der Waals surface area contributed by atoms with Gasteiger partial charge in [-0.3, -0.25) is 0 Å². The van der Waals surface area contributed by atoms with Gasteiger partial charge in [-0.15, -0.1) is 0 Å². The second kappa shape index (κ2) is 7.09. The fraction of sp³-hybridized carbons (Fsp3) is 0.182. The Morgan fingerprint density at radius 2 is 1.86 bits per heavy atom. The van der Waals surface area contributed by atoms with Crippen LogP contribution in [-0.2, 0) is 6.42 Å². The quantitative estimate of drug-likeness (QED) is 0.579. The van der Waals surface area contributed by atoms with Gasteiger partial charge in [-0.25, -0.2) is 0 Å². The topological polar surface area (TPSA) is 0 Å². The Hall–Kier alpha value is -2.34. The van der Waals surface area contributed by atoms with Gasteiger partial charge in [0.25, 0.3) is 0 Å². The fourth-order valence-electron chi connectivity index (χ4n) is 2.56. The third-order valence-corrected chi connectivity index (χ3v) is 3.96. The Bertz CT molecular complexity index is 729. The highest BCUT2D eigenvalue weighted by Gasteiger charge is 2.05. The number of hydrogen-bond donors (Lipinski definition) is 0. The zero-order valence-electron chi connectivity index (χ0n) is 13.8. The molecule has 0 radical (unpaired) electrons. The minimum absolute atomic E-state index is 1.01. The van der Waals surface area contributed by atoms with E-state index in [1.807, 2.05) is 6.08 Å². The summed E-state index contributed by atoms with van der Waals surface area (Å²) >= 11 is 0. The summed E-state index contributed by atoms with van der Waals surface area (Å²) in [6.07, 6.45) is 5.09. The van der Waals surface area contributed by atoms with Crippen LogP contribution < -0.4 is 0 Å². The molecule has 0 aliphatic carbocycles. The Kier molecular flexibility index (Phi) is 5.16. The summed E-state index contributed by atoms with van der Waals surface area (Å²) in [6.45, 7) is 14.6. The van der Waals surface area contributed by atoms with E-state index in [0.29, 0.717) is 0 Å². The summed E-state index contributed by atoms with van der Waals surface area (Å²) in [5, 5.41) is 0. The molecule has 112 valence electrons. The van der Waals surface area contributed by atoms with Crippen molar-refractivity contribution in [3.8, 4) is 0 Å². The molecular weight excluding hydrogens is 264 g/mol. The highest BCUT2D eigenvalue weighted by atomic mass is 14.1. The number of hydrogen-bond acceptors (Lipinski definition) is 0. The van der Waals surface area contributed by atoms with Crippen LogP contribution in [0.5, 0.6) is 0 Å². The Morgan fingerprint density at radius 1 is 1.09 bits per heavy atom. The minimum Gasteiger partial charge on any atom is -0.0984 e. The summed E-state index contributed by atoms with van der Waals surface area (Å²) in [7, 11) is 0. The van der Waals surface area contributed by atoms with E-state index in [1.165, 1.54) is 22.3 Å². The van der Waals surface area contributed by atoms with Gasteiger partial charge in [0, 0.05) is 0 Å². The molecule has 0 unspecified atom stereocenters. The minimum atomic E-state index is 1.01. The largest absolute Gasteiger partial charge is 0.0984 e. The van der Waals surface area contributed by atoms with Gasteiger partial charge in [-0.05, 0) is 59.7 Å². The molecule has 2 aromatic rings. The Morgan fingerprint density at radius 3 is 2.50 bits per heavy atom. The van der Waals surface area contributed by atoms with Crippen molar-refractivity contribution < 1.29 is 0 Å². The summed E-state index contributed by atoms with van der Waals surface area (Å²) in [5.41, 5.74) is 8.39. The predicted octanol–water partition coefficient (Wildman–Crippen LogP) is 6.15. The highest BCUT2D eigenvalue weighted by Crippen LogP contribution is 2.26. The molecule has 0 saturated carbocycles. The standard InChI is InChI=1S/C22H24/c1-6-19-12-11-17(4)22(15-19)20(7-2)14-18(5)21-10-8-9-16(3)13-21/h7-15H,2,5-6H2,1,3-4H3/b20-14-. The maximum Gasteiger partial charge on any atom is -0.0152 e. The molecule has 0 heterocycles. The molecule has 0 aliphatic rings. The first-order valence-corrected chi connectivity index (χ1v) is 7.75. The highest BCUT2D eigenvalue weighted by molar-refractivity contribution is 5.87. The van der Waals surface area contributed by atoms with E-state index in [4.69, 9.17) is 0 Å². The van der Waals surface area contributed by atoms with Crippen molar-refractivity contribution in [1.82, 2.24) is 0 Å². The number of aryl methyl sites for hydroxylation is 3. The summed E-state index contributed by atoms with van der Waals surface area (Å²) < 4.78 is 0. The van der Waals surface area contributed by atoms with Crippen LogP contribution >= 0.6 is 0 Å². The molecule has 0 fully saturated rings. The molecule has 0 spiro atoms. The van der Waals surface area contributed by atoms with Crippen LogP contribution in [0.4, 0.5) is 0 Å². The molecule has 0 bridgehead atoms. The van der Waals surface area contributed by atoms with Crippen LogP contribution in [0.2, 0.25) is 0 Å². The van der Waals surface area contributed by atoms with Gasteiger partial charge < -0.3 is 0 Å². The number of rotatable bonds is 5. The van der Waals surface area contributed by atoms with Crippen LogP contribution in [0.1, 0.15) is 34.7 Å². The molecule has 0 aliphatic heterocycles. The van der Waals surface area contributed by atoms with E-state index in [-0.39, 0.29) is 0 Å². The number of allylic oxidation sites excluding steroid dienone is 4. The molecule has 2 aromatic carbocycles. The number of benzene rings is 2. The van der Waals surface area contributed by atoms with Gasteiger partial charge in [0.05, 0.1) is 0 Å². The smallest absolute Gasteiger partial charge is 0.0152 e. The van der Waals surface area contributed by atoms with Crippen molar-refractivity contribution in [1.29, 1.82) is 0 Å². The van der Waals surface area contributed by atoms with Crippen molar-refractivity contribution in [2.75, 3.05) is 0 Å². The molecule has 22 heavy (non-hydrogen) atoms. The van der Waals surface area contributed by atoms with Crippen molar-refractivity contribution in [3.05, 3.63) is 95.6 Å². The van der Waals surface area contributed by atoms with Crippen molar-refractivity contribution in [3.63, 3.8) is 0 Å². The van der Waals surface area contributed by atoms with E-state index in [0.717, 1.165) is 23.1 Å². The third-order valence-electron chi connectivity index (χ3n) is 3.96. The molecule has 0 atom stereocenters. The van der Waals surface area contributed by atoms with Gasteiger partial charge in [0.2, 0.25) is 0 Å². The van der Waals surface area contributed by atoms with E-state index >= 15 is 0 Å². The lowest BCUT2D eigenvalue weighted by Crippen LogP contribution is -1.91. The van der Waals surface area contributed by atoms with Crippen molar-refractivity contribution in [2.45, 2.75) is 27.2 Å². The lowest BCUT2D eigenvalue weighted by molar-refractivity contribution is 1.13. The van der Waals surface area contributed by atoms with Gasteiger partial charge in [0.1, 0.15) is 0 Å². The van der Waals surface area contributed by atoms with E-state index in [2.05, 4.69) is 82.5 Å². The van der Waals surface area contributed by atoms with Crippen LogP contribution in [0, 0.1) is 13.8 Å². The Labute approximate surface area is 134 Å². The monoisotopic (exact) mass is 288 g/mol. The van der Waals surface area contributed by atoms with Crippen LogP contribution in [-0.4, -0.2) is 0 Å². The molecular formula is C22H24. The van der Waals surface area contributed by atoms with Crippen molar-refractivity contribution in [2.24, 2.45) is 0 Å². The first kappa shape index (κ1) is 16.0. The molecule has 0 saturated heterocycles. The van der Waals surface area contributed by atoms with Crippen LogP contribution in [0.25, 0.3) is 11.1 Å². The normalized spacial score (nSPS) is 11.3. The average molecular weight is 288 g/mol. The SMILES string of the molecule is C=C/C(=C/C(=C)c1cccc(C)c1)c1cc(CC)ccc1C. The maximum absolute atomic E-state index is 4.23. The summed E-state index contributed by atoms with van der Waals surface area (Å²) in [4.78, 5) is 0. The lowest BCUT2D eigenvalue weighted by Gasteiger charge is -2.11. The molecule has 0 heteroatoms. The van der Waals surface area contributed by atoms with Gasteiger partial charge >= 0.3 is 0 Å². The molecule has 0 nitrogen and oxygen atoms in total. The average Bonchev–Trinajstić information content (AvgIpc) is 2.53. The summed E-state index contributed by atoms with van der Waals surface area (Å²) in [5.74, 6) is 0. The first-order chi connectivity index (χ1) is 10.5. The van der Waals surface area contributed by atoms with Gasteiger partial charge in [-0.1, -0.05) is 74.2 Å². The van der Waals surface area contributed by atoms with Gasteiger partial charge in [0.15, 0.2) is 0 Å². The molecule has 0 amide bonds. The lowest BCUT2D eigenvalue weighted by atomic mass is 9.94. The van der Waals surface area contributed by atoms with E-state index in [9.17, 15) is 0 Å². The molecule has 0 N–H and O–H groups in total. The van der Waals surface area contributed by atoms with E-state index < -0.39 is 0 Å². The molecule has 0 aromatic heterocycles. The summed E-state index contributed by atoms with van der Waals surface area (Å²) in [6, 6.07) is 15.1. The van der Waals surface area contributed by atoms with Gasteiger partial charge in [-0.2, -0.15) is 0 Å². The predicted molar refractivity (Wildman–Crippen MR) is 98.9 cm³/mol. The zero-order chi connectivity index (χ0) is 16.1. The van der Waals surface area contributed by atoms with E-state index in [1.54, 1.807) is 0 Å².